The lowest BCUT2D eigenvalue weighted by Gasteiger charge is -2.36. The van der Waals surface area contributed by atoms with Crippen molar-refractivity contribution in [2.75, 3.05) is 44.2 Å². The predicted molar refractivity (Wildman–Crippen MR) is 107 cm³/mol. The second kappa shape index (κ2) is 9.58. The van der Waals surface area contributed by atoms with Crippen molar-refractivity contribution in [3.8, 4) is 17.3 Å². The lowest BCUT2D eigenvalue weighted by atomic mass is 10.1. The molecule has 1 fully saturated rings. The number of hydrogen-bond donors (Lipinski definition) is 1. The van der Waals surface area contributed by atoms with Crippen LogP contribution in [0.5, 0.6) is 0 Å². The van der Waals surface area contributed by atoms with Gasteiger partial charge < -0.3 is 10.6 Å². The van der Waals surface area contributed by atoms with Crippen LogP contribution in [0, 0.1) is 17.1 Å². The molecule has 0 atom stereocenters. The van der Waals surface area contributed by atoms with Gasteiger partial charge in [-0.2, -0.15) is 5.26 Å². The number of aromatic nitrogens is 2. The highest BCUT2D eigenvalue weighted by Crippen LogP contribution is 2.27. The maximum Gasteiger partial charge on any atom is 0.155 e. The normalized spacial score (nSPS) is 15.7. The van der Waals surface area contributed by atoms with Gasteiger partial charge in [0.15, 0.2) is 5.82 Å². The Kier molecular flexibility index (Phi) is 6.65. The van der Waals surface area contributed by atoms with Crippen molar-refractivity contribution >= 4 is 12.0 Å². The minimum absolute atomic E-state index is 0.129. The molecule has 8 heteroatoms. The van der Waals surface area contributed by atoms with Crippen LogP contribution in [0.3, 0.4) is 0 Å². The second-order valence-corrected chi connectivity index (χ2v) is 6.37. The van der Waals surface area contributed by atoms with Crippen molar-refractivity contribution in [3.63, 3.8) is 0 Å². The number of nitriles is 1. The van der Waals surface area contributed by atoms with Gasteiger partial charge in [-0.25, -0.2) is 9.37 Å². The molecule has 0 saturated carbocycles. The van der Waals surface area contributed by atoms with E-state index in [4.69, 9.17) is 11.0 Å². The number of piperazine rings is 1. The lowest BCUT2D eigenvalue weighted by molar-refractivity contribution is 0.280. The highest BCUT2D eigenvalue weighted by molar-refractivity contribution is 5.79. The van der Waals surface area contributed by atoms with Crippen LogP contribution in [-0.2, 0) is 0 Å². The van der Waals surface area contributed by atoms with Crippen molar-refractivity contribution in [2.45, 2.75) is 0 Å². The molecule has 1 aliphatic rings. The van der Waals surface area contributed by atoms with Gasteiger partial charge in [0.25, 0.3) is 0 Å². The van der Waals surface area contributed by atoms with E-state index >= 15 is 0 Å². The van der Waals surface area contributed by atoms with Gasteiger partial charge >= 0.3 is 0 Å². The number of benzene rings is 1. The molecule has 7 nitrogen and oxygen atoms in total. The number of hydrogen-bond acceptors (Lipinski definition) is 7. The Morgan fingerprint density at radius 1 is 1.18 bits per heavy atom. The fourth-order valence-corrected chi connectivity index (χ4v) is 3.09. The van der Waals surface area contributed by atoms with E-state index in [1.807, 2.05) is 6.07 Å². The highest BCUT2D eigenvalue weighted by Gasteiger charge is 2.21. The summed E-state index contributed by atoms with van der Waals surface area (Å²) in [6, 6.07) is 8.28. The Bertz CT molecular complexity index is 878. The van der Waals surface area contributed by atoms with E-state index in [0.717, 1.165) is 48.8 Å². The van der Waals surface area contributed by atoms with Crippen LogP contribution in [0.4, 0.5) is 10.2 Å². The van der Waals surface area contributed by atoms with Gasteiger partial charge in [-0.15, -0.1) is 0 Å². The Balaban J connectivity index is 1.66. The van der Waals surface area contributed by atoms with Crippen LogP contribution >= 0.6 is 0 Å². The topological polar surface area (TPSA) is 94.4 Å². The maximum absolute atomic E-state index is 13.2. The summed E-state index contributed by atoms with van der Waals surface area (Å²) in [5, 5.41) is 8.57. The van der Waals surface area contributed by atoms with Gasteiger partial charge in [0.05, 0.1) is 6.07 Å². The molecule has 1 aromatic carbocycles. The summed E-state index contributed by atoms with van der Waals surface area (Å²) in [5.41, 5.74) is 8.15. The summed E-state index contributed by atoms with van der Waals surface area (Å²) in [6.45, 7) is 4.07. The van der Waals surface area contributed by atoms with Crippen molar-refractivity contribution in [1.29, 1.82) is 5.26 Å². The molecular weight excluding hydrogens is 357 g/mol. The van der Waals surface area contributed by atoms with Crippen LogP contribution in [0.2, 0.25) is 0 Å². The molecule has 3 rings (SSSR count). The van der Waals surface area contributed by atoms with E-state index < -0.39 is 0 Å². The summed E-state index contributed by atoms with van der Waals surface area (Å²) >= 11 is 0. The molecule has 2 N–H and O–H groups in total. The van der Waals surface area contributed by atoms with Crippen LogP contribution in [0.25, 0.3) is 11.3 Å². The van der Waals surface area contributed by atoms with Gasteiger partial charge in [-0.3, -0.25) is 14.9 Å². The molecule has 1 aromatic heterocycles. The standard InChI is InChI=1S/C20H22FN7/c21-18-3-1-17(2-4-18)19-20(26-8-7-25-19)28-11-9-27(10-12-28)15-16(13-23)14-24-6-5-22/h1-4,7-8,13-14H,6,9-12,15,23H2. The molecule has 2 aromatic rings. The molecular formula is C20H22FN7. The minimum atomic E-state index is -0.273. The van der Waals surface area contributed by atoms with Gasteiger partial charge in [0, 0.05) is 56.9 Å². The first-order chi connectivity index (χ1) is 13.7. The number of aliphatic imine (C=N–C) groups is 1. The third kappa shape index (κ3) is 4.90. The van der Waals surface area contributed by atoms with Gasteiger partial charge in [-0.1, -0.05) is 0 Å². The third-order valence-electron chi connectivity index (χ3n) is 4.51. The molecule has 2 heterocycles. The molecule has 0 radical (unpaired) electrons. The number of halogens is 1. The summed E-state index contributed by atoms with van der Waals surface area (Å²) in [5.74, 6) is 0.531. The van der Waals surface area contributed by atoms with Crippen LogP contribution in [0.15, 0.2) is 53.4 Å². The van der Waals surface area contributed by atoms with Gasteiger partial charge in [0.1, 0.15) is 18.1 Å². The van der Waals surface area contributed by atoms with E-state index in [2.05, 4.69) is 24.8 Å². The molecule has 0 spiro atoms. The second-order valence-electron chi connectivity index (χ2n) is 6.37. The first kappa shape index (κ1) is 19.5. The first-order valence-corrected chi connectivity index (χ1v) is 9.03. The van der Waals surface area contributed by atoms with E-state index in [1.165, 1.54) is 18.3 Å². The minimum Gasteiger partial charge on any atom is -0.404 e. The number of nitrogens with zero attached hydrogens (tertiary/aromatic N) is 6. The van der Waals surface area contributed by atoms with E-state index in [-0.39, 0.29) is 12.4 Å². The predicted octanol–water partition coefficient (Wildman–Crippen LogP) is 1.84. The van der Waals surface area contributed by atoms with Crippen LogP contribution < -0.4 is 10.6 Å². The summed E-state index contributed by atoms with van der Waals surface area (Å²) in [4.78, 5) is 17.5. The summed E-state index contributed by atoms with van der Waals surface area (Å²) < 4.78 is 13.2. The van der Waals surface area contributed by atoms with Crippen molar-refractivity contribution in [1.82, 2.24) is 14.9 Å². The summed E-state index contributed by atoms with van der Waals surface area (Å²) in [6.07, 6.45) is 6.51. The lowest BCUT2D eigenvalue weighted by Crippen LogP contribution is -2.47. The molecule has 1 aliphatic heterocycles. The molecule has 28 heavy (non-hydrogen) atoms. The molecule has 144 valence electrons. The quantitative estimate of drug-likeness (QED) is 0.608. The zero-order valence-electron chi connectivity index (χ0n) is 15.5. The molecule has 0 aliphatic carbocycles. The molecule has 1 saturated heterocycles. The number of nitrogens with two attached hydrogens (primary N) is 1. The van der Waals surface area contributed by atoms with E-state index in [0.29, 0.717) is 6.54 Å². The Hall–Kier alpha value is -3.31. The zero-order chi connectivity index (χ0) is 19.8. The highest BCUT2D eigenvalue weighted by atomic mass is 19.1. The zero-order valence-corrected chi connectivity index (χ0v) is 15.5. The van der Waals surface area contributed by atoms with Crippen molar-refractivity contribution in [2.24, 2.45) is 10.7 Å². The van der Waals surface area contributed by atoms with E-state index in [1.54, 1.807) is 30.7 Å². The number of rotatable bonds is 6. The average Bonchev–Trinajstić information content (AvgIpc) is 2.74. The molecule has 0 amide bonds. The van der Waals surface area contributed by atoms with Gasteiger partial charge in [-0.05, 0) is 36.0 Å². The Morgan fingerprint density at radius 3 is 2.57 bits per heavy atom. The van der Waals surface area contributed by atoms with Crippen molar-refractivity contribution < 1.29 is 4.39 Å². The van der Waals surface area contributed by atoms with Crippen molar-refractivity contribution in [3.05, 3.63) is 54.2 Å². The Morgan fingerprint density at radius 2 is 1.89 bits per heavy atom. The summed E-state index contributed by atoms with van der Waals surface area (Å²) in [7, 11) is 0. The SMILES string of the molecule is N#CCN=CC(=CN)CN1CCN(c2nccnc2-c2ccc(F)cc2)CC1. The monoisotopic (exact) mass is 379 g/mol. The third-order valence-corrected chi connectivity index (χ3v) is 4.51. The van der Waals surface area contributed by atoms with Gasteiger partial charge in [0.2, 0.25) is 0 Å². The maximum atomic E-state index is 13.2. The van der Waals surface area contributed by atoms with E-state index in [9.17, 15) is 4.39 Å². The Labute approximate surface area is 163 Å². The first-order valence-electron chi connectivity index (χ1n) is 9.03. The largest absolute Gasteiger partial charge is 0.404 e. The fourth-order valence-electron chi connectivity index (χ4n) is 3.09. The van der Waals surface area contributed by atoms with Crippen LogP contribution in [-0.4, -0.2) is 60.4 Å². The fraction of sp³-hybridized carbons (Fsp3) is 0.300. The molecule has 0 bridgehead atoms. The van der Waals surface area contributed by atoms with Crippen LogP contribution in [0.1, 0.15) is 0 Å². The molecule has 0 unspecified atom stereocenters. The number of anilines is 1. The average molecular weight is 379 g/mol. The smallest absolute Gasteiger partial charge is 0.155 e.